The number of hydrogen-bond acceptors (Lipinski definition) is 5. The minimum Gasteiger partial charge on any atom is -0.439 e. The summed E-state index contributed by atoms with van der Waals surface area (Å²) in [5, 5.41) is 8.95. The fourth-order valence-corrected chi connectivity index (χ4v) is 2.62. The summed E-state index contributed by atoms with van der Waals surface area (Å²) in [6.45, 7) is 5.72. The van der Waals surface area contributed by atoms with Crippen LogP contribution >= 0.6 is 24.8 Å². The number of oxazole rings is 1. The monoisotopic (exact) mass is 359 g/mol. The third-order valence-electron chi connectivity index (χ3n) is 3.85. The lowest BCUT2D eigenvalue weighted by atomic mass is 10.2. The van der Waals surface area contributed by atoms with Gasteiger partial charge in [-0.15, -0.1) is 24.8 Å². The number of halogens is 2. The Hall–Kier alpha value is -1.11. The van der Waals surface area contributed by atoms with Crippen LogP contribution in [0.4, 0.5) is 0 Å². The number of aliphatic hydroxyl groups excluding tert-OH is 1. The molecule has 0 aliphatic carbocycles. The summed E-state index contributed by atoms with van der Waals surface area (Å²) in [6.07, 6.45) is 1.80. The van der Waals surface area contributed by atoms with E-state index in [-0.39, 0.29) is 31.4 Å². The first-order valence-corrected chi connectivity index (χ1v) is 7.41. The van der Waals surface area contributed by atoms with Gasteiger partial charge in [0.1, 0.15) is 0 Å². The highest BCUT2D eigenvalue weighted by atomic mass is 35.5. The fourth-order valence-electron chi connectivity index (χ4n) is 2.62. The first-order valence-electron chi connectivity index (χ1n) is 7.41. The Morgan fingerprint density at radius 1 is 1.00 bits per heavy atom. The molecule has 1 aliphatic rings. The molecule has 1 N–H and O–H groups in total. The molecule has 2 aromatic rings. The standard InChI is InChI=1S/C16H21N3O2.2ClH/c20-11-10-18-6-8-19(9-7-18)13-16-17-12-15(21-16)14-4-2-1-3-5-14;;/h1-5,12,20H,6-11,13H2;2*1H. The minimum absolute atomic E-state index is 0. The van der Waals surface area contributed by atoms with Crippen LogP contribution in [0.2, 0.25) is 0 Å². The average molecular weight is 360 g/mol. The molecule has 1 aliphatic heterocycles. The molecule has 1 aromatic carbocycles. The van der Waals surface area contributed by atoms with Gasteiger partial charge >= 0.3 is 0 Å². The lowest BCUT2D eigenvalue weighted by Crippen LogP contribution is -2.46. The van der Waals surface area contributed by atoms with Crippen molar-refractivity contribution < 1.29 is 9.52 Å². The normalized spacial score (nSPS) is 15.7. The van der Waals surface area contributed by atoms with E-state index in [0.29, 0.717) is 0 Å². The number of nitrogens with zero attached hydrogens (tertiary/aromatic N) is 3. The average Bonchev–Trinajstić information content (AvgIpc) is 2.99. The minimum atomic E-state index is 0. The molecule has 1 saturated heterocycles. The predicted molar refractivity (Wildman–Crippen MR) is 95.2 cm³/mol. The third-order valence-corrected chi connectivity index (χ3v) is 3.85. The van der Waals surface area contributed by atoms with E-state index < -0.39 is 0 Å². The van der Waals surface area contributed by atoms with Gasteiger partial charge in [0, 0.05) is 38.3 Å². The van der Waals surface area contributed by atoms with Crippen molar-refractivity contribution in [3.05, 3.63) is 42.4 Å². The van der Waals surface area contributed by atoms with Gasteiger partial charge in [0.25, 0.3) is 0 Å². The van der Waals surface area contributed by atoms with Gasteiger partial charge in [-0.25, -0.2) is 4.98 Å². The van der Waals surface area contributed by atoms with Crippen molar-refractivity contribution in [3.63, 3.8) is 0 Å². The van der Waals surface area contributed by atoms with E-state index in [4.69, 9.17) is 9.52 Å². The van der Waals surface area contributed by atoms with Gasteiger partial charge in [-0.2, -0.15) is 0 Å². The Bertz CT molecular complexity index is 557. The number of aliphatic hydroxyl groups is 1. The SMILES string of the molecule is Cl.Cl.OCCN1CCN(Cc2ncc(-c3ccccc3)o2)CC1. The zero-order valence-corrected chi connectivity index (χ0v) is 14.6. The maximum atomic E-state index is 8.95. The maximum Gasteiger partial charge on any atom is 0.209 e. The summed E-state index contributed by atoms with van der Waals surface area (Å²) in [6, 6.07) is 10.0. The van der Waals surface area contributed by atoms with Crippen LogP contribution in [-0.4, -0.2) is 59.2 Å². The van der Waals surface area contributed by atoms with E-state index in [0.717, 1.165) is 56.5 Å². The van der Waals surface area contributed by atoms with Gasteiger partial charge in [-0.1, -0.05) is 30.3 Å². The van der Waals surface area contributed by atoms with Crippen LogP contribution < -0.4 is 0 Å². The van der Waals surface area contributed by atoms with Crippen LogP contribution in [0.3, 0.4) is 0 Å². The lowest BCUT2D eigenvalue weighted by molar-refractivity contribution is 0.103. The zero-order chi connectivity index (χ0) is 14.5. The molecule has 0 amide bonds. The molecule has 0 bridgehead atoms. The van der Waals surface area contributed by atoms with Crippen molar-refractivity contribution in [3.8, 4) is 11.3 Å². The van der Waals surface area contributed by atoms with E-state index in [1.165, 1.54) is 0 Å². The van der Waals surface area contributed by atoms with Crippen LogP contribution in [-0.2, 0) is 6.54 Å². The molecule has 0 unspecified atom stereocenters. The largest absolute Gasteiger partial charge is 0.439 e. The van der Waals surface area contributed by atoms with Crippen LogP contribution in [0.5, 0.6) is 0 Å². The summed E-state index contributed by atoms with van der Waals surface area (Å²) in [5.41, 5.74) is 1.06. The van der Waals surface area contributed by atoms with Crippen LogP contribution in [0.25, 0.3) is 11.3 Å². The van der Waals surface area contributed by atoms with E-state index in [9.17, 15) is 0 Å². The maximum absolute atomic E-state index is 8.95. The van der Waals surface area contributed by atoms with Crippen molar-refractivity contribution >= 4 is 24.8 Å². The van der Waals surface area contributed by atoms with Crippen LogP contribution in [0, 0.1) is 0 Å². The molecule has 5 nitrogen and oxygen atoms in total. The first kappa shape index (κ1) is 19.9. The molecular formula is C16H23Cl2N3O2. The summed E-state index contributed by atoms with van der Waals surface area (Å²) >= 11 is 0. The number of benzene rings is 1. The van der Waals surface area contributed by atoms with Gasteiger partial charge in [0.05, 0.1) is 19.3 Å². The van der Waals surface area contributed by atoms with Gasteiger partial charge in [0.2, 0.25) is 5.89 Å². The van der Waals surface area contributed by atoms with Crippen molar-refractivity contribution in [2.24, 2.45) is 0 Å². The highest BCUT2D eigenvalue weighted by Crippen LogP contribution is 2.20. The Morgan fingerprint density at radius 2 is 1.65 bits per heavy atom. The molecule has 0 spiro atoms. The molecule has 3 rings (SSSR count). The third kappa shape index (κ3) is 5.48. The zero-order valence-electron chi connectivity index (χ0n) is 12.9. The summed E-state index contributed by atoms with van der Waals surface area (Å²) in [7, 11) is 0. The molecule has 1 fully saturated rings. The Morgan fingerprint density at radius 3 is 2.30 bits per heavy atom. The molecule has 0 atom stereocenters. The van der Waals surface area contributed by atoms with E-state index in [1.807, 2.05) is 30.3 Å². The summed E-state index contributed by atoms with van der Waals surface area (Å²) < 4.78 is 5.84. The molecule has 0 saturated carbocycles. The first-order chi connectivity index (χ1) is 10.3. The summed E-state index contributed by atoms with van der Waals surface area (Å²) in [4.78, 5) is 9.00. The molecule has 0 radical (unpaired) electrons. The Kier molecular flexibility index (Phi) is 8.58. The lowest BCUT2D eigenvalue weighted by Gasteiger charge is -2.33. The summed E-state index contributed by atoms with van der Waals surface area (Å²) in [5.74, 6) is 1.59. The smallest absolute Gasteiger partial charge is 0.209 e. The molecular weight excluding hydrogens is 337 g/mol. The molecule has 2 heterocycles. The van der Waals surface area contributed by atoms with E-state index in [1.54, 1.807) is 6.20 Å². The number of piperazine rings is 1. The van der Waals surface area contributed by atoms with Gasteiger partial charge in [-0.3, -0.25) is 9.80 Å². The second kappa shape index (κ2) is 9.90. The molecule has 1 aromatic heterocycles. The van der Waals surface area contributed by atoms with Gasteiger partial charge in [0.15, 0.2) is 5.76 Å². The van der Waals surface area contributed by atoms with E-state index >= 15 is 0 Å². The number of hydrogen-bond donors (Lipinski definition) is 1. The second-order valence-corrected chi connectivity index (χ2v) is 5.33. The number of aromatic nitrogens is 1. The quantitative estimate of drug-likeness (QED) is 0.887. The van der Waals surface area contributed by atoms with Crippen molar-refractivity contribution in [2.45, 2.75) is 6.54 Å². The molecule has 23 heavy (non-hydrogen) atoms. The van der Waals surface area contributed by atoms with Gasteiger partial charge < -0.3 is 9.52 Å². The highest BCUT2D eigenvalue weighted by molar-refractivity contribution is 5.85. The van der Waals surface area contributed by atoms with Crippen molar-refractivity contribution in [1.82, 2.24) is 14.8 Å². The topological polar surface area (TPSA) is 52.7 Å². The van der Waals surface area contributed by atoms with Crippen molar-refractivity contribution in [2.75, 3.05) is 39.3 Å². The van der Waals surface area contributed by atoms with Crippen molar-refractivity contribution in [1.29, 1.82) is 0 Å². The second-order valence-electron chi connectivity index (χ2n) is 5.33. The van der Waals surface area contributed by atoms with E-state index in [2.05, 4.69) is 14.8 Å². The Balaban J connectivity index is 0.00000132. The predicted octanol–water partition coefficient (Wildman–Crippen LogP) is 2.30. The molecule has 128 valence electrons. The highest BCUT2D eigenvalue weighted by Gasteiger charge is 2.18. The van der Waals surface area contributed by atoms with Crippen LogP contribution in [0.1, 0.15) is 5.89 Å². The molecule has 7 heteroatoms. The fraction of sp³-hybridized carbons (Fsp3) is 0.438. The number of rotatable bonds is 5. The van der Waals surface area contributed by atoms with Gasteiger partial charge in [-0.05, 0) is 0 Å². The Labute approximate surface area is 149 Å². The van der Waals surface area contributed by atoms with Crippen LogP contribution in [0.15, 0.2) is 40.9 Å². The number of β-amino-alcohol motifs (C(OH)–C–C–N with tert-alkyl or cyclic N) is 1.